The van der Waals surface area contributed by atoms with Gasteiger partial charge in [-0.1, -0.05) is 6.07 Å². The number of amides is 1. The van der Waals surface area contributed by atoms with Crippen molar-refractivity contribution in [3.05, 3.63) is 39.8 Å². The van der Waals surface area contributed by atoms with E-state index in [-0.39, 0.29) is 11.9 Å². The Labute approximate surface area is 139 Å². The van der Waals surface area contributed by atoms with E-state index in [2.05, 4.69) is 38.8 Å². The molecule has 122 valence electrons. The Balaban J connectivity index is 1.41. The van der Waals surface area contributed by atoms with Gasteiger partial charge in [-0.3, -0.25) is 14.9 Å². The summed E-state index contributed by atoms with van der Waals surface area (Å²) in [7, 11) is 0. The van der Waals surface area contributed by atoms with E-state index in [9.17, 15) is 4.79 Å². The predicted octanol–water partition coefficient (Wildman–Crippen LogP) is 1.48. The van der Waals surface area contributed by atoms with Gasteiger partial charge in [-0.05, 0) is 30.7 Å². The highest BCUT2D eigenvalue weighted by atomic mass is 32.1. The normalized spacial score (nSPS) is 23.7. The Hall–Kier alpha value is -1.70. The van der Waals surface area contributed by atoms with Crippen LogP contribution in [0.4, 0.5) is 0 Å². The monoisotopic (exact) mass is 331 g/mol. The van der Waals surface area contributed by atoms with Crippen molar-refractivity contribution in [3.63, 3.8) is 0 Å². The van der Waals surface area contributed by atoms with Crippen LogP contribution in [0.3, 0.4) is 0 Å². The number of nitrogens with one attached hydrogen (secondary N) is 3. The molecular weight excluding hydrogens is 310 g/mol. The van der Waals surface area contributed by atoms with Crippen molar-refractivity contribution in [3.8, 4) is 0 Å². The minimum Gasteiger partial charge on any atom is -0.352 e. The van der Waals surface area contributed by atoms with E-state index in [1.165, 1.54) is 4.88 Å². The number of hydrogen-bond donors (Lipinski definition) is 3. The number of carbonyl (C=O) groups excluding carboxylic acids is 1. The van der Waals surface area contributed by atoms with Gasteiger partial charge in [0.2, 0.25) is 0 Å². The smallest absolute Gasteiger partial charge is 0.254 e. The Morgan fingerprint density at radius 3 is 3.30 bits per heavy atom. The summed E-state index contributed by atoms with van der Waals surface area (Å²) in [5, 5.41) is 9.53. The number of nitrogens with zero attached hydrogens (tertiary/aromatic N) is 2. The molecule has 0 bridgehead atoms. The van der Waals surface area contributed by atoms with Crippen LogP contribution < -0.4 is 16.2 Å². The van der Waals surface area contributed by atoms with Gasteiger partial charge in [0.1, 0.15) is 0 Å². The third kappa shape index (κ3) is 2.91. The fraction of sp³-hybridized carbons (Fsp3) is 0.500. The lowest BCUT2D eigenvalue weighted by Crippen LogP contribution is -2.33. The highest BCUT2D eigenvalue weighted by Gasteiger charge is 2.29. The second-order valence-corrected chi connectivity index (χ2v) is 7.15. The molecule has 23 heavy (non-hydrogen) atoms. The molecule has 2 aliphatic heterocycles. The second-order valence-electron chi connectivity index (χ2n) is 6.17. The fourth-order valence-electron chi connectivity index (χ4n) is 3.43. The number of fused-ring (bicyclic) bond motifs is 1. The summed E-state index contributed by atoms with van der Waals surface area (Å²) in [5.41, 5.74) is 8.35. The fourth-order valence-corrected chi connectivity index (χ4v) is 4.30. The van der Waals surface area contributed by atoms with E-state index < -0.39 is 0 Å². The minimum absolute atomic E-state index is 0.00461. The Bertz CT molecular complexity index is 681. The average molecular weight is 331 g/mol. The summed E-state index contributed by atoms with van der Waals surface area (Å²) in [4.78, 5) is 13.8. The zero-order chi connectivity index (χ0) is 15.6. The molecule has 1 saturated heterocycles. The van der Waals surface area contributed by atoms with Gasteiger partial charge in [-0.2, -0.15) is 5.10 Å². The summed E-state index contributed by atoms with van der Waals surface area (Å²) in [6.07, 6.45) is 4.96. The summed E-state index contributed by atoms with van der Waals surface area (Å²) >= 11 is 1.75. The molecule has 0 spiro atoms. The van der Waals surface area contributed by atoms with Crippen molar-refractivity contribution < 1.29 is 4.79 Å². The molecule has 0 saturated carbocycles. The van der Waals surface area contributed by atoms with Crippen LogP contribution in [0, 0.1) is 5.92 Å². The zero-order valence-electron chi connectivity index (χ0n) is 12.9. The van der Waals surface area contributed by atoms with Crippen LogP contribution >= 0.6 is 11.3 Å². The molecule has 3 N–H and O–H groups in total. The van der Waals surface area contributed by atoms with Crippen LogP contribution in [0.2, 0.25) is 0 Å². The van der Waals surface area contributed by atoms with E-state index in [0.29, 0.717) is 12.5 Å². The maximum Gasteiger partial charge on any atom is 0.254 e. The molecule has 7 heteroatoms. The third-order valence-corrected chi connectivity index (χ3v) is 5.65. The van der Waals surface area contributed by atoms with E-state index in [0.717, 1.165) is 43.6 Å². The SMILES string of the molecule is O=C(NCC1CNNC1c1cccs1)c1cnn2c1CCCC2. The van der Waals surface area contributed by atoms with E-state index in [1.807, 2.05) is 4.68 Å². The first-order valence-electron chi connectivity index (χ1n) is 8.17. The molecule has 1 amide bonds. The summed E-state index contributed by atoms with van der Waals surface area (Å²) in [6, 6.07) is 4.46. The first-order valence-corrected chi connectivity index (χ1v) is 9.05. The Kier molecular flexibility index (Phi) is 4.15. The number of hydrazine groups is 1. The van der Waals surface area contributed by atoms with E-state index in [1.54, 1.807) is 17.5 Å². The van der Waals surface area contributed by atoms with Gasteiger partial charge < -0.3 is 5.32 Å². The molecule has 4 rings (SSSR count). The third-order valence-electron chi connectivity index (χ3n) is 4.69. The van der Waals surface area contributed by atoms with Crippen LogP contribution in [0.25, 0.3) is 0 Å². The number of hydrogen-bond acceptors (Lipinski definition) is 5. The maximum atomic E-state index is 12.5. The van der Waals surface area contributed by atoms with Crippen molar-refractivity contribution in [2.75, 3.05) is 13.1 Å². The van der Waals surface area contributed by atoms with Crippen molar-refractivity contribution in [2.24, 2.45) is 5.92 Å². The molecule has 2 aliphatic rings. The molecule has 6 nitrogen and oxygen atoms in total. The number of rotatable bonds is 4. The zero-order valence-corrected chi connectivity index (χ0v) is 13.7. The molecule has 2 aromatic rings. The number of carbonyl (C=O) groups is 1. The molecule has 1 fully saturated rings. The van der Waals surface area contributed by atoms with Gasteiger partial charge in [-0.25, -0.2) is 5.43 Å². The van der Waals surface area contributed by atoms with Gasteiger partial charge in [0.25, 0.3) is 5.91 Å². The number of aryl methyl sites for hydroxylation is 1. The lowest BCUT2D eigenvalue weighted by Gasteiger charge is -2.18. The van der Waals surface area contributed by atoms with E-state index >= 15 is 0 Å². The molecule has 2 aromatic heterocycles. The van der Waals surface area contributed by atoms with Gasteiger partial charge in [-0.15, -0.1) is 11.3 Å². The van der Waals surface area contributed by atoms with E-state index in [4.69, 9.17) is 0 Å². The van der Waals surface area contributed by atoms with Crippen LogP contribution in [0.15, 0.2) is 23.7 Å². The van der Waals surface area contributed by atoms with Crippen molar-refractivity contribution >= 4 is 17.2 Å². The summed E-state index contributed by atoms with van der Waals surface area (Å²) in [6.45, 7) is 2.44. The predicted molar refractivity (Wildman–Crippen MR) is 89.2 cm³/mol. The van der Waals surface area contributed by atoms with Crippen molar-refractivity contribution in [1.82, 2.24) is 25.9 Å². The Morgan fingerprint density at radius 1 is 1.48 bits per heavy atom. The molecule has 4 heterocycles. The summed E-state index contributed by atoms with van der Waals surface area (Å²) < 4.78 is 1.98. The number of aromatic nitrogens is 2. The summed E-state index contributed by atoms with van der Waals surface area (Å²) in [5.74, 6) is 0.356. The number of thiophene rings is 1. The standard InChI is InChI=1S/C16H21N5OS/c22-16(12-10-19-21-6-2-1-4-13(12)21)17-8-11-9-18-20-15(11)14-5-3-7-23-14/h3,5,7,10-11,15,18,20H,1-2,4,6,8-9H2,(H,17,22). The van der Waals surface area contributed by atoms with Gasteiger partial charge in [0.05, 0.1) is 23.5 Å². The van der Waals surface area contributed by atoms with Gasteiger partial charge in [0, 0.05) is 30.4 Å². The molecular formula is C16H21N5OS. The maximum absolute atomic E-state index is 12.5. The van der Waals surface area contributed by atoms with Gasteiger partial charge in [0.15, 0.2) is 0 Å². The van der Waals surface area contributed by atoms with Gasteiger partial charge >= 0.3 is 0 Å². The largest absolute Gasteiger partial charge is 0.352 e. The second kappa shape index (κ2) is 6.43. The molecule has 0 aromatic carbocycles. The molecule has 2 unspecified atom stereocenters. The van der Waals surface area contributed by atoms with Crippen molar-refractivity contribution in [1.29, 1.82) is 0 Å². The topological polar surface area (TPSA) is 71.0 Å². The van der Waals surface area contributed by atoms with Crippen LogP contribution in [0.5, 0.6) is 0 Å². The highest BCUT2D eigenvalue weighted by molar-refractivity contribution is 7.10. The first kappa shape index (κ1) is 14.9. The quantitative estimate of drug-likeness (QED) is 0.793. The minimum atomic E-state index is 0.00461. The molecule has 0 aliphatic carbocycles. The lowest BCUT2D eigenvalue weighted by atomic mass is 10.0. The van der Waals surface area contributed by atoms with Crippen LogP contribution in [-0.2, 0) is 13.0 Å². The molecule has 0 radical (unpaired) electrons. The first-order chi connectivity index (χ1) is 11.3. The van der Waals surface area contributed by atoms with Crippen LogP contribution in [-0.4, -0.2) is 28.8 Å². The van der Waals surface area contributed by atoms with Crippen molar-refractivity contribution in [2.45, 2.75) is 31.8 Å². The lowest BCUT2D eigenvalue weighted by molar-refractivity contribution is 0.0945. The highest BCUT2D eigenvalue weighted by Crippen LogP contribution is 2.28. The van der Waals surface area contributed by atoms with Crippen LogP contribution in [0.1, 0.15) is 39.8 Å². The average Bonchev–Trinajstić information content (AvgIpc) is 3.30. The Morgan fingerprint density at radius 2 is 2.43 bits per heavy atom. The molecule has 2 atom stereocenters.